The van der Waals surface area contributed by atoms with E-state index in [-0.39, 0.29) is 11.8 Å². The standard InChI is InChI=1S/C18H16ClN5O3/c19-13-3-1-2-12(10-13)16-20-17(27-23-16)14-4-5-15(22-21-14)24-8-6-11(7-9-24)18(25)26/h1-5,10-11H,6-9H2,(H,25,26). The molecule has 0 radical (unpaired) electrons. The summed E-state index contributed by atoms with van der Waals surface area (Å²) in [6, 6.07) is 10.8. The van der Waals surface area contributed by atoms with Crippen molar-refractivity contribution in [3.05, 3.63) is 41.4 Å². The molecule has 0 aliphatic carbocycles. The van der Waals surface area contributed by atoms with Crippen molar-refractivity contribution in [2.24, 2.45) is 5.92 Å². The number of rotatable bonds is 4. The summed E-state index contributed by atoms with van der Waals surface area (Å²) in [6.07, 6.45) is 1.21. The number of hydrogen-bond donors (Lipinski definition) is 1. The van der Waals surface area contributed by atoms with E-state index in [1.807, 2.05) is 23.1 Å². The van der Waals surface area contributed by atoms with Crippen molar-refractivity contribution in [2.75, 3.05) is 18.0 Å². The lowest BCUT2D eigenvalue weighted by Gasteiger charge is -2.30. The Bertz CT molecular complexity index is 952. The first kappa shape index (κ1) is 17.4. The minimum atomic E-state index is -0.733. The Labute approximate surface area is 159 Å². The summed E-state index contributed by atoms with van der Waals surface area (Å²) in [5, 5.41) is 22.0. The Kier molecular flexibility index (Phi) is 4.72. The average Bonchev–Trinajstić information content (AvgIpc) is 3.18. The van der Waals surface area contributed by atoms with Crippen molar-refractivity contribution in [3.8, 4) is 23.0 Å². The van der Waals surface area contributed by atoms with Gasteiger partial charge in [-0.15, -0.1) is 10.2 Å². The third kappa shape index (κ3) is 3.75. The fourth-order valence-electron chi connectivity index (χ4n) is 3.04. The third-order valence-electron chi connectivity index (χ3n) is 4.55. The molecule has 0 atom stereocenters. The normalized spacial score (nSPS) is 15.1. The van der Waals surface area contributed by atoms with Crippen LogP contribution < -0.4 is 4.90 Å². The average molecular weight is 386 g/mol. The van der Waals surface area contributed by atoms with Crippen molar-refractivity contribution < 1.29 is 14.4 Å². The molecule has 138 valence electrons. The van der Waals surface area contributed by atoms with Gasteiger partial charge in [-0.3, -0.25) is 4.79 Å². The number of carboxylic acid groups (broad SMARTS) is 1. The van der Waals surface area contributed by atoms with Crippen molar-refractivity contribution in [1.82, 2.24) is 20.3 Å². The number of aliphatic carboxylic acids is 1. The molecule has 0 amide bonds. The minimum Gasteiger partial charge on any atom is -0.481 e. The van der Waals surface area contributed by atoms with Crippen LogP contribution in [0.3, 0.4) is 0 Å². The molecule has 3 aromatic rings. The quantitative estimate of drug-likeness (QED) is 0.730. The summed E-state index contributed by atoms with van der Waals surface area (Å²) in [7, 11) is 0. The van der Waals surface area contributed by atoms with Crippen molar-refractivity contribution in [1.29, 1.82) is 0 Å². The number of hydrogen-bond acceptors (Lipinski definition) is 7. The number of carboxylic acids is 1. The molecule has 4 rings (SSSR count). The van der Waals surface area contributed by atoms with Gasteiger partial charge in [0.15, 0.2) is 11.5 Å². The van der Waals surface area contributed by atoms with E-state index in [9.17, 15) is 4.79 Å². The van der Waals surface area contributed by atoms with Gasteiger partial charge >= 0.3 is 5.97 Å². The van der Waals surface area contributed by atoms with Crippen LogP contribution in [0.1, 0.15) is 12.8 Å². The summed E-state index contributed by atoms with van der Waals surface area (Å²) in [4.78, 5) is 17.4. The van der Waals surface area contributed by atoms with Crippen LogP contribution >= 0.6 is 11.6 Å². The highest BCUT2D eigenvalue weighted by atomic mass is 35.5. The number of nitrogens with zero attached hydrogens (tertiary/aromatic N) is 5. The monoisotopic (exact) mass is 385 g/mol. The van der Waals surface area contributed by atoms with E-state index < -0.39 is 5.97 Å². The molecule has 27 heavy (non-hydrogen) atoms. The van der Waals surface area contributed by atoms with Crippen LogP contribution in [0.15, 0.2) is 40.9 Å². The zero-order valence-corrected chi connectivity index (χ0v) is 15.0. The van der Waals surface area contributed by atoms with Gasteiger partial charge in [0.25, 0.3) is 5.89 Å². The molecule has 2 aromatic heterocycles. The van der Waals surface area contributed by atoms with E-state index in [1.165, 1.54) is 0 Å². The number of carbonyl (C=O) groups is 1. The predicted molar refractivity (Wildman–Crippen MR) is 98.3 cm³/mol. The van der Waals surface area contributed by atoms with Gasteiger partial charge in [-0.1, -0.05) is 28.9 Å². The predicted octanol–water partition coefficient (Wildman–Crippen LogP) is 3.15. The Morgan fingerprint density at radius 3 is 2.67 bits per heavy atom. The van der Waals surface area contributed by atoms with Crippen LogP contribution in [0.2, 0.25) is 5.02 Å². The van der Waals surface area contributed by atoms with Crippen molar-refractivity contribution in [3.63, 3.8) is 0 Å². The second-order valence-electron chi connectivity index (χ2n) is 6.31. The van der Waals surface area contributed by atoms with Gasteiger partial charge in [0.1, 0.15) is 0 Å². The molecule has 1 fully saturated rings. The Balaban J connectivity index is 1.48. The molecule has 8 nitrogen and oxygen atoms in total. The highest BCUT2D eigenvalue weighted by Gasteiger charge is 2.25. The first-order valence-corrected chi connectivity index (χ1v) is 8.89. The van der Waals surface area contributed by atoms with Crippen molar-refractivity contribution in [2.45, 2.75) is 12.8 Å². The molecule has 1 saturated heterocycles. The molecular weight excluding hydrogens is 370 g/mol. The number of aromatic nitrogens is 4. The summed E-state index contributed by atoms with van der Waals surface area (Å²) in [6.45, 7) is 1.29. The molecular formula is C18H16ClN5O3. The first-order valence-electron chi connectivity index (χ1n) is 8.51. The van der Waals surface area contributed by atoms with E-state index in [0.717, 1.165) is 5.56 Å². The zero-order chi connectivity index (χ0) is 18.8. The molecule has 0 unspecified atom stereocenters. The highest BCUT2D eigenvalue weighted by Crippen LogP contribution is 2.25. The molecule has 1 N–H and O–H groups in total. The lowest BCUT2D eigenvalue weighted by Crippen LogP contribution is -2.36. The third-order valence-corrected chi connectivity index (χ3v) is 4.78. The topological polar surface area (TPSA) is 105 Å². The van der Waals surface area contributed by atoms with Crippen molar-refractivity contribution >= 4 is 23.4 Å². The van der Waals surface area contributed by atoms with Gasteiger partial charge in [0.05, 0.1) is 5.92 Å². The van der Waals surface area contributed by atoms with E-state index in [1.54, 1.807) is 18.2 Å². The summed E-state index contributed by atoms with van der Waals surface area (Å²) in [5.41, 5.74) is 1.23. The maximum Gasteiger partial charge on any atom is 0.306 e. The van der Waals surface area contributed by atoms with Gasteiger partial charge in [-0.25, -0.2) is 0 Å². The lowest BCUT2D eigenvalue weighted by atomic mass is 9.97. The van der Waals surface area contributed by atoms with Crippen LogP contribution in [0, 0.1) is 5.92 Å². The number of halogens is 1. The fraction of sp³-hybridized carbons (Fsp3) is 0.278. The van der Waals surface area contributed by atoms with E-state index in [4.69, 9.17) is 21.2 Å². The summed E-state index contributed by atoms with van der Waals surface area (Å²) in [5.74, 6) is 0.389. The van der Waals surface area contributed by atoms with Gasteiger partial charge in [0.2, 0.25) is 5.82 Å². The molecule has 9 heteroatoms. The second-order valence-corrected chi connectivity index (χ2v) is 6.75. The molecule has 1 aliphatic heterocycles. The maximum absolute atomic E-state index is 11.0. The zero-order valence-electron chi connectivity index (χ0n) is 14.2. The second kappa shape index (κ2) is 7.32. The Morgan fingerprint density at radius 1 is 1.19 bits per heavy atom. The molecule has 0 spiro atoms. The fourth-order valence-corrected chi connectivity index (χ4v) is 3.23. The van der Waals surface area contributed by atoms with E-state index in [2.05, 4.69) is 20.3 Å². The maximum atomic E-state index is 11.0. The molecule has 0 bridgehead atoms. The van der Waals surface area contributed by atoms with Crippen LogP contribution in [-0.2, 0) is 4.79 Å². The minimum absolute atomic E-state index is 0.272. The number of anilines is 1. The van der Waals surface area contributed by atoms with Gasteiger partial charge in [-0.2, -0.15) is 4.98 Å². The Morgan fingerprint density at radius 2 is 2.00 bits per heavy atom. The summed E-state index contributed by atoms with van der Waals surface area (Å²) >= 11 is 5.99. The largest absolute Gasteiger partial charge is 0.481 e. The summed E-state index contributed by atoms with van der Waals surface area (Å²) < 4.78 is 5.29. The van der Waals surface area contributed by atoms with Crippen LogP contribution in [0.25, 0.3) is 23.0 Å². The van der Waals surface area contributed by atoms with Gasteiger partial charge in [-0.05, 0) is 37.1 Å². The van der Waals surface area contributed by atoms with Crippen LogP contribution in [-0.4, -0.2) is 44.5 Å². The van der Waals surface area contributed by atoms with Crippen LogP contribution in [0.4, 0.5) is 5.82 Å². The van der Waals surface area contributed by atoms with Crippen LogP contribution in [0.5, 0.6) is 0 Å². The molecule has 1 aromatic carbocycles. The Hall–Kier alpha value is -3.00. The lowest BCUT2D eigenvalue weighted by molar-refractivity contribution is -0.142. The first-order chi connectivity index (χ1) is 13.1. The number of piperidine rings is 1. The smallest absolute Gasteiger partial charge is 0.306 e. The molecule has 0 saturated carbocycles. The molecule has 3 heterocycles. The van der Waals surface area contributed by atoms with Gasteiger partial charge in [0, 0.05) is 23.7 Å². The van der Waals surface area contributed by atoms with E-state index in [0.29, 0.717) is 48.3 Å². The number of benzene rings is 1. The molecule has 1 aliphatic rings. The van der Waals surface area contributed by atoms with Gasteiger partial charge < -0.3 is 14.5 Å². The van der Waals surface area contributed by atoms with E-state index >= 15 is 0 Å². The SMILES string of the molecule is O=C(O)C1CCN(c2ccc(-c3nc(-c4cccc(Cl)c4)no3)nn2)CC1. The highest BCUT2D eigenvalue weighted by molar-refractivity contribution is 6.30.